The van der Waals surface area contributed by atoms with Crippen LogP contribution in [0.4, 0.5) is 11.4 Å². The Morgan fingerprint density at radius 1 is 1.45 bits per heavy atom. The number of aromatic nitrogens is 2. The summed E-state index contributed by atoms with van der Waals surface area (Å²) in [5, 5.41) is 16.8. The van der Waals surface area contributed by atoms with Crippen LogP contribution in [0.5, 0.6) is 0 Å². The van der Waals surface area contributed by atoms with E-state index in [1.807, 2.05) is 13.0 Å². The van der Waals surface area contributed by atoms with Crippen LogP contribution in [-0.4, -0.2) is 58.0 Å². The minimum atomic E-state index is -0.812. The van der Waals surface area contributed by atoms with Crippen molar-refractivity contribution in [2.24, 2.45) is 0 Å². The second-order valence-corrected chi connectivity index (χ2v) is 8.80. The van der Waals surface area contributed by atoms with Crippen molar-refractivity contribution in [3.8, 4) is 0 Å². The van der Waals surface area contributed by atoms with Gasteiger partial charge in [0.2, 0.25) is 5.91 Å². The van der Waals surface area contributed by atoms with Gasteiger partial charge in [-0.05, 0) is 46.1 Å². The average Bonchev–Trinajstić information content (AvgIpc) is 3.26. The number of hydrogen-bond acceptors (Lipinski definition) is 7. The molecule has 9 nitrogen and oxygen atoms in total. The number of nitrogens with zero attached hydrogens (tertiary/aromatic N) is 2. The average molecular weight is 433 g/mol. The maximum Gasteiger partial charge on any atom is 0.356 e. The quantitative estimate of drug-likeness (QED) is 0.550. The second kappa shape index (κ2) is 9.23. The molecule has 1 amide bonds. The van der Waals surface area contributed by atoms with Gasteiger partial charge in [-0.2, -0.15) is 0 Å². The molecule has 3 rings (SSSR count). The van der Waals surface area contributed by atoms with Crippen molar-refractivity contribution < 1.29 is 24.2 Å². The zero-order valence-corrected chi connectivity index (χ0v) is 18.8. The molecule has 0 bridgehead atoms. The van der Waals surface area contributed by atoms with Crippen LogP contribution in [0.1, 0.15) is 57.4 Å². The van der Waals surface area contributed by atoms with Gasteiger partial charge in [0.25, 0.3) is 0 Å². The van der Waals surface area contributed by atoms with Crippen molar-refractivity contribution in [2.75, 3.05) is 24.4 Å². The minimum absolute atomic E-state index is 0.0162. The topological polar surface area (TPSA) is 115 Å². The number of aliphatic hydroxyl groups is 1. The number of fused-ring (bicyclic) bond motifs is 1. The van der Waals surface area contributed by atoms with E-state index in [-0.39, 0.29) is 23.7 Å². The van der Waals surface area contributed by atoms with E-state index in [2.05, 4.69) is 15.6 Å². The highest BCUT2D eigenvalue weighted by Crippen LogP contribution is 2.34. The molecule has 0 aliphatic carbocycles. The summed E-state index contributed by atoms with van der Waals surface area (Å²) in [6.45, 7) is 8.02. The first-order chi connectivity index (χ1) is 14.6. The minimum Gasteiger partial charge on any atom is -0.464 e. The van der Waals surface area contributed by atoms with Crippen LogP contribution in [0.2, 0.25) is 0 Å². The van der Waals surface area contributed by atoms with Gasteiger partial charge in [0.15, 0.2) is 5.69 Å². The summed E-state index contributed by atoms with van der Waals surface area (Å²) in [7, 11) is 1.31. The molecule has 170 valence electrons. The van der Waals surface area contributed by atoms with Crippen molar-refractivity contribution in [1.82, 2.24) is 9.55 Å². The maximum atomic E-state index is 12.7. The molecule has 2 aromatic heterocycles. The van der Waals surface area contributed by atoms with Crippen molar-refractivity contribution in [1.29, 1.82) is 0 Å². The predicted octanol–water partition coefficient (Wildman–Crippen LogP) is 2.92. The first-order valence-electron chi connectivity index (χ1n) is 10.6. The van der Waals surface area contributed by atoms with Crippen LogP contribution >= 0.6 is 0 Å². The van der Waals surface area contributed by atoms with Crippen molar-refractivity contribution >= 4 is 34.3 Å². The van der Waals surface area contributed by atoms with E-state index in [0.29, 0.717) is 36.3 Å². The third-order valence-electron chi connectivity index (χ3n) is 5.21. The first-order valence-corrected chi connectivity index (χ1v) is 10.6. The zero-order valence-electron chi connectivity index (χ0n) is 18.8. The summed E-state index contributed by atoms with van der Waals surface area (Å²) in [6.07, 6.45) is 4.06. The smallest absolute Gasteiger partial charge is 0.356 e. The van der Waals surface area contributed by atoms with Crippen LogP contribution in [0.25, 0.3) is 11.0 Å². The molecule has 1 saturated heterocycles. The fraction of sp³-hybridized carbons (Fsp3) is 0.591. The normalized spacial score (nSPS) is 17.5. The van der Waals surface area contributed by atoms with E-state index in [1.165, 1.54) is 14.0 Å². The number of pyridine rings is 1. The van der Waals surface area contributed by atoms with E-state index >= 15 is 0 Å². The molecular formula is C22H32N4O5. The molecule has 1 aliphatic heterocycles. The molecule has 3 heterocycles. The number of nitrogens with one attached hydrogen (secondary N) is 2. The van der Waals surface area contributed by atoms with E-state index in [4.69, 9.17) is 9.47 Å². The van der Waals surface area contributed by atoms with Crippen LogP contribution in [0.15, 0.2) is 12.3 Å². The zero-order chi connectivity index (χ0) is 22.8. The predicted molar refractivity (Wildman–Crippen MR) is 118 cm³/mol. The van der Waals surface area contributed by atoms with Gasteiger partial charge in [-0.1, -0.05) is 0 Å². The SMILES string of the molecule is COC(=O)c1c(NC(C)=O)c2cc(NC(C)CC(C)(C)O)cnc2n1CC1CCCO1. The lowest BCUT2D eigenvalue weighted by molar-refractivity contribution is -0.114. The number of rotatable bonds is 8. The summed E-state index contributed by atoms with van der Waals surface area (Å²) in [6, 6.07) is 1.84. The summed E-state index contributed by atoms with van der Waals surface area (Å²) >= 11 is 0. The summed E-state index contributed by atoms with van der Waals surface area (Å²) in [4.78, 5) is 29.2. The summed E-state index contributed by atoms with van der Waals surface area (Å²) in [5.41, 5.74) is 1.10. The highest BCUT2D eigenvalue weighted by Gasteiger charge is 2.28. The number of methoxy groups -OCH3 is 1. The first kappa shape index (κ1) is 23.0. The Labute approximate surface area is 182 Å². The van der Waals surface area contributed by atoms with Crippen molar-refractivity contribution in [3.05, 3.63) is 18.0 Å². The Balaban J connectivity index is 2.08. The Bertz CT molecular complexity index is 957. The molecule has 0 radical (unpaired) electrons. The molecule has 2 unspecified atom stereocenters. The molecule has 2 aromatic rings. The number of esters is 1. The Kier molecular flexibility index (Phi) is 6.86. The van der Waals surface area contributed by atoms with Crippen LogP contribution in [0.3, 0.4) is 0 Å². The molecule has 9 heteroatoms. The third-order valence-corrected chi connectivity index (χ3v) is 5.21. The van der Waals surface area contributed by atoms with Crippen LogP contribution in [-0.2, 0) is 20.8 Å². The number of hydrogen-bond donors (Lipinski definition) is 3. The summed E-state index contributed by atoms with van der Waals surface area (Å²) in [5.74, 6) is -0.847. The van der Waals surface area contributed by atoms with E-state index in [1.54, 1.807) is 24.6 Å². The molecule has 3 N–H and O–H groups in total. The standard InChI is InChI=1S/C22H32N4O5/c1-13(10-22(3,4)29)24-15-9-17-18(25-14(2)27)19(21(28)30-5)26(20(17)23-11-15)12-16-7-6-8-31-16/h9,11,13,16,24,29H,6-8,10,12H2,1-5H3,(H,25,27). The van der Waals surface area contributed by atoms with Gasteiger partial charge in [0.1, 0.15) is 5.65 Å². The molecular weight excluding hydrogens is 400 g/mol. The third kappa shape index (κ3) is 5.54. The van der Waals surface area contributed by atoms with Gasteiger partial charge < -0.3 is 29.8 Å². The molecule has 1 fully saturated rings. The monoisotopic (exact) mass is 432 g/mol. The Morgan fingerprint density at radius 3 is 2.77 bits per heavy atom. The number of amides is 1. The largest absolute Gasteiger partial charge is 0.464 e. The van der Waals surface area contributed by atoms with Gasteiger partial charge >= 0.3 is 5.97 Å². The number of carbonyl (C=O) groups excluding carboxylic acids is 2. The van der Waals surface area contributed by atoms with Gasteiger partial charge in [0.05, 0.1) is 42.9 Å². The van der Waals surface area contributed by atoms with Gasteiger partial charge in [-0.3, -0.25) is 4.79 Å². The Morgan fingerprint density at radius 2 is 2.19 bits per heavy atom. The fourth-order valence-corrected chi connectivity index (χ4v) is 4.17. The summed E-state index contributed by atoms with van der Waals surface area (Å²) < 4.78 is 12.6. The molecule has 0 aromatic carbocycles. The number of ether oxygens (including phenoxy) is 2. The molecule has 0 spiro atoms. The van der Waals surface area contributed by atoms with Crippen molar-refractivity contribution in [3.63, 3.8) is 0 Å². The van der Waals surface area contributed by atoms with E-state index in [0.717, 1.165) is 18.5 Å². The lowest BCUT2D eigenvalue weighted by Crippen LogP contribution is -2.29. The fourth-order valence-electron chi connectivity index (χ4n) is 4.17. The van der Waals surface area contributed by atoms with E-state index in [9.17, 15) is 14.7 Å². The maximum absolute atomic E-state index is 12.7. The molecule has 31 heavy (non-hydrogen) atoms. The highest BCUT2D eigenvalue weighted by molar-refractivity contribution is 6.10. The molecule has 0 saturated carbocycles. The van der Waals surface area contributed by atoms with Gasteiger partial charge in [0, 0.05) is 25.0 Å². The Hall–Kier alpha value is -2.65. The number of carbonyl (C=O) groups is 2. The second-order valence-electron chi connectivity index (χ2n) is 8.80. The lowest BCUT2D eigenvalue weighted by Gasteiger charge is -2.23. The van der Waals surface area contributed by atoms with E-state index < -0.39 is 11.6 Å². The molecule has 1 aliphatic rings. The highest BCUT2D eigenvalue weighted by atomic mass is 16.5. The molecule has 2 atom stereocenters. The van der Waals surface area contributed by atoms with Crippen molar-refractivity contribution in [2.45, 2.75) is 71.2 Å². The van der Waals surface area contributed by atoms with Crippen LogP contribution in [0, 0.1) is 0 Å². The van der Waals surface area contributed by atoms with Gasteiger partial charge in [-0.25, -0.2) is 9.78 Å². The number of anilines is 2. The van der Waals surface area contributed by atoms with Crippen LogP contribution < -0.4 is 10.6 Å². The van der Waals surface area contributed by atoms with Gasteiger partial charge in [-0.15, -0.1) is 0 Å². The lowest BCUT2D eigenvalue weighted by atomic mass is 10.0.